The number of aromatic nitrogens is 6. The maximum absolute atomic E-state index is 14.8. The molecule has 1 atom stereocenters. The van der Waals surface area contributed by atoms with E-state index in [0.29, 0.717) is 30.1 Å². The van der Waals surface area contributed by atoms with Crippen molar-refractivity contribution in [1.82, 2.24) is 34.8 Å². The third-order valence-electron chi connectivity index (χ3n) is 8.29. The van der Waals surface area contributed by atoms with E-state index in [-0.39, 0.29) is 72.3 Å². The molecule has 0 radical (unpaired) electrons. The summed E-state index contributed by atoms with van der Waals surface area (Å²) in [6.07, 6.45) is 8.65. The average Bonchev–Trinajstić information content (AvgIpc) is 3.87. The first-order valence-corrected chi connectivity index (χ1v) is 17.4. The summed E-state index contributed by atoms with van der Waals surface area (Å²) in [6.45, 7) is 6.48. The molecule has 0 aliphatic heterocycles. The number of nitrogens with zero attached hydrogens (tertiary/aromatic N) is 6. The lowest BCUT2D eigenvalue weighted by molar-refractivity contribution is -0.148. The van der Waals surface area contributed by atoms with Gasteiger partial charge in [0.1, 0.15) is 22.1 Å². The smallest absolute Gasteiger partial charge is 0.307 e. The van der Waals surface area contributed by atoms with Crippen molar-refractivity contribution in [2.45, 2.75) is 84.2 Å². The van der Waals surface area contributed by atoms with Crippen molar-refractivity contribution in [2.24, 2.45) is 11.7 Å². The molecule has 0 bridgehead atoms. The highest BCUT2D eigenvalue weighted by Crippen LogP contribution is 2.34. The summed E-state index contributed by atoms with van der Waals surface area (Å²) in [6, 6.07) is 1.27. The van der Waals surface area contributed by atoms with Crippen molar-refractivity contribution in [2.75, 3.05) is 18.5 Å². The van der Waals surface area contributed by atoms with E-state index < -0.39 is 29.7 Å². The van der Waals surface area contributed by atoms with E-state index in [9.17, 15) is 23.2 Å². The third kappa shape index (κ3) is 10.4. The first-order valence-electron chi connectivity index (χ1n) is 16.5. The molecule has 1 aliphatic carbocycles. The van der Waals surface area contributed by atoms with Crippen LogP contribution in [0.2, 0.25) is 0 Å². The van der Waals surface area contributed by atoms with Crippen LogP contribution in [0.3, 0.4) is 0 Å². The number of halogens is 3. The minimum atomic E-state index is -0.877. The molecule has 4 aromatic rings. The van der Waals surface area contributed by atoms with E-state index in [4.69, 9.17) is 15.2 Å². The first-order chi connectivity index (χ1) is 24.0. The molecule has 0 unspecified atom stereocenters. The van der Waals surface area contributed by atoms with E-state index in [0.717, 1.165) is 37.8 Å². The Morgan fingerprint density at radius 3 is 2.59 bits per heavy atom. The highest BCUT2D eigenvalue weighted by atomic mass is 35.5. The van der Waals surface area contributed by atoms with Gasteiger partial charge < -0.3 is 25.8 Å². The minimum absolute atomic E-state index is 0. The van der Waals surface area contributed by atoms with Crippen molar-refractivity contribution >= 4 is 47.2 Å². The number of esters is 1. The molecule has 0 aromatic carbocycles. The summed E-state index contributed by atoms with van der Waals surface area (Å²) < 4.78 is 43.1. The van der Waals surface area contributed by atoms with Gasteiger partial charge in [-0.05, 0) is 57.1 Å². The van der Waals surface area contributed by atoms with Crippen LogP contribution in [0.15, 0.2) is 36.1 Å². The summed E-state index contributed by atoms with van der Waals surface area (Å²) in [5.74, 6) is -2.93. The second-order valence-electron chi connectivity index (χ2n) is 12.3. The number of nitrogens with two attached hydrogens (primary N) is 1. The van der Waals surface area contributed by atoms with E-state index in [2.05, 4.69) is 30.8 Å². The van der Waals surface area contributed by atoms with Gasteiger partial charge in [-0.2, -0.15) is 14.6 Å². The van der Waals surface area contributed by atoms with Crippen LogP contribution in [-0.2, 0) is 25.8 Å². The Balaban J connectivity index is 0.00000583. The van der Waals surface area contributed by atoms with Crippen LogP contribution < -0.4 is 16.4 Å². The van der Waals surface area contributed by atoms with E-state index in [1.54, 1.807) is 22.5 Å². The Labute approximate surface area is 303 Å². The molecule has 14 nitrogen and oxygen atoms in total. The number of anilines is 1. The zero-order valence-electron chi connectivity index (χ0n) is 28.5. The largest absolute Gasteiger partial charge is 0.442 e. The molecule has 4 aromatic heterocycles. The van der Waals surface area contributed by atoms with Gasteiger partial charge in [0.2, 0.25) is 11.9 Å². The summed E-state index contributed by atoms with van der Waals surface area (Å²) in [4.78, 5) is 45.6. The van der Waals surface area contributed by atoms with Crippen LogP contribution in [0.5, 0.6) is 0 Å². The van der Waals surface area contributed by atoms with Crippen molar-refractivity contribution < 1.29 is 32.6 Å². The SMILES string of the molecule is CCOC1CCC(n2cc(NC(=O)c3csc(-c4cnn(COC(=O)CCCNC(=O)[C@@H](N)C(C)C)c4)n3)c(-c3nc(F)ccc3F)n2)CC1.Cl. The molecule has 1 aliphatic rings. The number of ether oxygens (including phenoxy) is 2. The lowest BCUT2D eigenvalue weighted by Gasteiger charge is -2.28. The molecule has 4 heterocycles. The molecular weight excluding hydrogens is 708 g/mol. The van der Waals surface area contributed by atoms with Crippen LogP contribution in [0.25, 0.3) is 22.0 Å². The number of carbonyl (C=O) groups is 3. The number of rotatable bonds is 15. The standard InChI is InChI=1S/C33H41F2N9O5S.ClH/c1-4-48-22-9-7-21(8-10-22)44-16-24(30(42-44)29-23(34)11-12-26(35)41-29)39-31(46)25-17-50-33(40-25)20-14-38-43(15-20)18-49-27(45)6-5-13-37-32(47)28(36)19(2)3;/h11-12,14-17,19,21-22,28H,4-10,13,18,36H2,1-3H3,(H,37,47)(H,39,46);1H/t21?,22?,28-;/m0./s1. The monoisotopic (exact) mass is 749 g/mol. The zero-order valence-corrected chi connectivity index (χ0v) is 30.1. The Kier molecular flexibility index (Phi) is 14.1. The minimum Gasteiger partial charge on any atom is -0.442 e. The van der Waals surface area contributed by atoms with Crippen LogP contribution in [-0.4, -0.2) is 72.6 Å². The van der Waals surface area contributed by atoms with Gasteiger partial charge in [0.05, 0.1) is 30.1 Å². The normalized spacial score (nSPS) is 16.4. The molecule has 2 amide bonds. The Morgan fingerprint density at radius 2 is 1.86 bits per heavy atom. The molecule has 51 heavy (non-hydrogen) atoms. The lowest BCUT2D eigenvalue weighted by Crippen LogP contribution is -2.44. The first kappa shape index (κ1) is 39.5. The van der Waals surface area contributed by atoms with Gasteiger partial charge in [-0.3, -0.25) is 19.1 Å². The topological polar surface area (TPSA) is 181 Å². The lowest BCUT2D eigenvalue weighted by atomic mass is 9.93. The highest BCUT2D eigenvalue weighted by molar-refractivity contribution is 7.13. The van der Waals surface area contributed by atoms with Crippen molar-refractivity contribution in [3.05, 3.63) is 53.6 Å². The van der Waals surface area contributed by atoms with Gasteiger partial charge in [0.25, 0.3) is 5.91 Å². The molecule has 1 saturated carbocycles. The maximum Gasteiger partial charge on any atom is 0.307 e. The maximum atomic E-state index is 14.8. The second kappa shape index (κ2) is 18.3. The van der Waals surface area contributed by atoms with Crippen LogP contribution in [0.4, 0.5) is 14.5 Å². The summed E-state index contributed by atoms with van der Waals surface area (Å²) >= 11 is 1.20. The van der Waals surface area contributed by atoms with Crippen LogP contribution in [0, 0.1) is 17.7 Å². The second-order valence-corrected chi connectivity index (χ2v) is 13.2. The number of hydrogen-bond donors (Lipinski definition) is 3. The predicted octanol–water partition coefficient (Wildman–Crippen LogP) is 5.12. The van der Waals surface area contributed by atoms with Gasteiger partial charge in [0.15, 0.2) is 12.5 Å². The predicted molar refractivity (Wildman–Crippen MR) is 188 cm³/mol. The Bertz CT molecular complexity index is 1790. The molecule has 0 spiro atoms. The molecular formula is C33H42ClF2N9O5S. The fraction of sp³-hybridized carbons (Fsp3) is 0.485. The molecule has 18 heteroatoms. The van der Waals surface area contributed by atoms with Crippen molar-refractivity contribution in [1.29, 1.82) is 0 Å². The van der Waals surface area contributed by atoms with Crippen molar-refractivity contribution in [3.63, 3.8) is 0 Å². The van der Waals surface area contributed by atoms with Crippen LogP contribution in [0.1, 0.15) is 75.8 Å². The number of carbonyl (C=O) groups excluding carboxylic acids is 3. The number of nitrogens with one attached hydrogen (secondary N) is 2. The third-order valence-corrected chi connectivity index (χ3v) is 9.18. The van der Waals surface area contributed by atoms with Gasteiger partial charge in [0, 0.05) is 42.9 Å². The van der Waals surface area contributed by atoms with Gasteiger partial charge in [-0.25, -0.2) is 19.0 Å². The van der Waals surface area contributed by atoms with Gasteiger partial charge >= 0.3 is 5.97 Å². The Morgan fingerprint density at radius 1 is 1.10 bits per heavy atom. The average molecular weight is 750 g/mol. The number of amides is 2. The fourth-order valence-electron chi connectivity index (χ4n) is 5.46. The number of hydrogen-bond acceptors (Lipinski definition) is 11. The quantitative estimate of drug-likeness (QED) is 0.0839. The highest BCUT2D eigenvalue weighted by Gasteiger charge is 2.27. The van der Waals surface area contributed by atoms with E-state index in [1.165, 1.54) is 22.2 Å². The van der Waals surface area contributed by atoms with Gasteiger partial charge in [-0.1, -0.05) is 13.8 Å². The Hall–Kier alpha value is -4.32. The summed E-state index contributed by atoms with van der Waals surface area (Å²) in [5.41, 5.74) is 6.36. The van der Waals surface area contributed by atoms with Crippen LogP contribution >= 0.6 is 23.7 Å². The van der Waals surface area contributed by atoms with Gasteiger partial charge in [-0.15, -0.1) is 23.7 Å². The molecule has 276 valence electrons. The molecule has 0 saturated heterocycles. The number of thiazole rings is 1. The summed E-state index contributed by atoms with van der Waals surface area (Å²) in [5, 5.41) is 16.3. The molecule has 4 N–H and O–H groups in total. The molecule has 5 rings (SSSR count). The fourth-order valence-corrected chi connectivity index (χ4v) is 6.23. The van der Waals surface area contributed by atoms with Crippen molar-refractivity contribution in [3.8, 4) is 22.0 Å². The van der Waals surface area contributed by atoms with E-state index in [1.807, 2.05) is 20.8 Å². The summed E-state index contributed by atoms with van der Waals surface area (Å²) in [7, 11) is 0. The number of pyridine rings is 1. The molecule has 1 fully saturated rings. The van der Waals surface area contributed by atoms with E-state index >= 15 is 0 Å². The zero-order chi connectivity index (χ0) is 35.8.